The van der Waals surface area contributed by atoms with Crippen LogP contribution >= 0.6 is 0 Å². The smallest absolute Gasteiger partial charge is 0.261 e. The van der Waals surface area contributed by atoms with Crippen LogP contribution in [0.3, 0.4) is 0 Å². The molecule has 0 fully saturated rings. The third-order valence-corrected chi connectivity index (χ3v) is 4.00. The molecule has 0 aliphatic heterocycles. The molecule has 1 amide bonds. The van der Waals surface area contributed by atoms with Crippen LogP contribution in [0.15, 0.2) is 51.9 Å². The van der Waals surface area contributed by atoms with Crippen LogP contribution in [0.5, 0.6) is 0 Å². The fourth-order valence-electron chi connectivity index (χ4n) is 2.65. The van der Waals surface area contributed by atoms with Crippen molar-refractivity contribution in [2.24, 2.45) is 0 Å². The molecule has 0 radical (unpaired) electrons. The lowest BCUT2D eigenvalue weighted by Crippen LogP contribution is -2.36. The average Bonchev–Trinajstić information content (AvgIpc) is 3.08. The Labute approximate surface area is 143 Å². The minimum atomic E-state index is -0.560. The largest absolute Gasteiger partial charge is 0.468 e. The lowest BCUT2D eigenvalue weighted by molar-refractivity contribution is 0.0937. The summed E-state index contributed by atoms with van der Waals surface area (Å²) < 4.78 is 18.6. The van der Waals surface area contributed by atoms with Crippen LogP contribution in [0.4, 0.5) is 4.39 Å². The van der Waals surface area contributed by atoms with Gasteiger partial charge in [-0.1, -0.05) is 0 Å². The Morgan fingerprint density at radius 3 is 2.80 bits per heavy atom. The standard InChI is InChI=1S/C18H18FN3O3/c1-22(2)15(16-4-3-7-25-16)10-20-17(23)13-8-11-5-6-12(19)9-14(11)21-18(13)24/h3-9,15H,10H2,1-2H3,(H,20,23)(H,21,24). The summed E-state index contributed by atoms with van der Waals surface area (Å²) >= 11 is 0. The molecule has 1 atom stereocenters. The summed E-state index contributed by atoms with van der Waals surface area (Å²) in [6.45, 7) is 0.278. The zero-order valence-electron chi connectivity index (χ0n) is 13.9. The van der Waals surface area contributed by atoms with Crippen LogP contribution in [-0.4, -0.2) is 36.4 Å². The van der Waals surface area contributed by atoms with Gasteiger partial charge in [-0.05, 0) is 55.9 Å². The fraction of sp³-hybridized carbons (Fsp3) is 0.222. The van der Waals surface area contributed by atoms with E-state index in [4.69, 9.17) is 4.42 Å². The van der Waals surface area contributed by atoms with Gasteiger partial charge in [-0.3, -0.25) is 14.5 Å². The van der Waals surface area contributed by atoms with Crippen LogP contribution in [0.1, 0.15) is 22.2 Å². The number of carbonyl (C=O) groups excluding carboxylic acids is 1. The number of nitrogens with zero attached hydrogens (tertiary/aromatic N) is 1. The zero-order valence-corrected chi connectivity index (χ0v) is 13.9. The topological polar surface area (TPSA) is 78.3 Å². The van der Waals surface area contributed by atoms with Gasteiger partial charge in [-0.25, -0.2) is 4.39 Å². The molecule has 1 aromatic carbocycles. The van der Waals surface area contributed by atoms with Gasteiger partial charge in [0.05, 0.1) is 17.8 Å². The normalized spacial score (nSPS) is 12.5. The Bertz CT molecular complexity index is 948. The summed E-state index contributed by atoms with van der Waals surface area (Å²) in [6.07, 6.45) is 1.57. The molecule has 25 heavy (non-hydrogen) atoms. The third kappa shape index (κ3) is 3.61. The highest BCUT2D eigenvalue weighted by Crippen LogP contribution is 2.18. The van der Waals surface area contributed by atoms with E-state index in [0.717, 1.165) is 0 Å². The maximum absolute atomic E-state index is 13.2. The van der Waals surface area contributed by atoms with E-state index < -0.39 is 17.3 Å². The van der Waals surface area contributed by atoms with Crippen LogP contribution in [0.2, 0.25) is 0 Å². The van der Waals surface area contributed by atoms with Crippen molar-refractivity contribution < 1.29 is 13.6 Å². The molecule has 0 spiro atoms. The minimum absolute atomic E-state index is 0.0175. The van der Waals surface area contributed by atoms with Crippen LogP contribution < -0.4 is 10.9 Å². The number of likely N-dealkylation sites (N-methyl/N-ethyl adjacent to an activating group) is 1. The first kappa shape index (κ1) is 16.9. The summed E-state index contributed by atoms with van der Waals surface area (Å²) in [5.74, 6) is -0.230. The number of hydrogen-bond donors (Lipinski definition) is 2. The molecule has 0 aliphatic carbocycles. The first-order chi connectivity index (χ1) is 12.0. The van der Waals surface area contributed by atoms with Gasteiger partial charge in [0.1, 0.15) is 17.1 Å². The quantitative estimate of drug-likeness (QED) is 0.745. The van der Waals surface area contributed by atoms with Crippen molar-refractivity contribution in [3.8, 4) is 0 Å². The lowest BCUT2D eigenvalue weighted by Gasteiger charge is -2.22. The molecule has 2 heterocycles. The summed E-state index contributed by atoms with van der Waals surface area (Å²) in [4.78, 5) is 29.0. The molecule has 0 saturated carbocycles. The van der Waals surface area contributed by atoms with E-state index in [0.29, 0.717) is 16.7 Å². The van der Waals surface area contributed by atoms with Gasteiger partial charge in [-0.2, -0.15) is 0 Å². The van der Waals surface area contributed by atoms with Gasteiger partial charge in [0, 0.05) is 6.54 Å². The molecule has 130 valence electrons. The van der Waals surface area contributed by atoms with Gasteiger partial charge in [0.25, 0.3) is 11.5 Å². The van der Waals surface area contributed by atoms with Crippen molar-refractivity contribution in [2.75, 3.05) is 20.6 Å². The molecule has 2 N–H and O–H groups in total. The highest BCUT2D eigenvalue weighted by molar-refractivity contribution is 5.97. The van der Waals surface area contributed by atoms with Crippen molar-refractivity contribution in [1.82, 2.24) is 15.2 Å². The van der Waals surface area contributed by atoms with Gasteiger partial charge < -0.3 is 14.7 Å². The SMILES string of the molecule is CN(C)C(CNC(=O)c1cc2ccc(F)cc2[nH]c1=O)c1ccco1. The van der Waals surface area contributed by atoms with E-state index in [9.17, 15) is 14.0 Å². The monoisotopic (exact) mass is 343 g/mol. The molecule has 0 aliphatic rings. The highest BCUT2D eigenvalue weighted by atomic mass is 19.1. The molecule has 2 aromatic heterocycles. The summed E-state index contributed by atoms with van der Waals surface area (Å²) in [5.41, 5.74) is -0.227. The zero-order chi connectivity index (χ0) is 18.0. The number of benzene rings is 1. The van der Waals surface area contributed by atoms with E-state index in [1.165, 1.54) is 24.3 Å². The molecular formula is C18H18FN3O3. The molecule has 3 aromatic rings. The molecular weight excluding hydrogens is 325 g/mol. The predicted octanol–water partition coefficient (Wildman–Crippen LogP) is 2.29. The van der Waals surface area contributed by atoms with Crippen LogP contribution in [0, 0.1) is 5.82 Å². The Morgan fingerprint density at radius 1 is 1.32 bits per heavy atom. The second-order valence-corrected chi connectivity index (χ2v) is 5.95. The number of pyridine rings is 1. The number of aromatic nitrogens is 1. The van der Waals surface area contributed by atoms with Gasteiger partial charge >= 0.3 is 0 Å². The number of amides is 1. The van der Waals surface area contributed by atoms with E-state index in [1.807, 2.05) is 25.1 Å². The van der Waals surface area contributed by atoms with E-state index in [1.54, 1.807) is 12.3 Å². The first-order valence-electron chi connectivity index (χ1n) is 7.76. The van der Waals surface area contributed by atoms with E-state index >= 15 is 0 Å². The molecule has 1 unspecified atom stereocenters. The molecule has 3 rings (SSSR count). The predicted molar refractivity (Wildman–Crippen MR) is 92.0 cm³/mol. The number of H-pyrrole nitrogens is 1. The van der Waals surface area contributed by atoms with Crippen LogP contribution in [-0.2, 0) is 0 Å². The summed E-state index contributed by atoms with van der Waals surface area (Å²) in [7, 11) is 3.74. The number of halogens is 1. The number of hydrogen-bond acceptors (Lipinski definition) is 4. The van der Waals surface area contributed by atoms with Gasteiger partial charge in [-0.15, -0.1) is 0 Å². The van der Waals surface area contributed by atoms with E-state index in [2.05, 4.69) is 10.3 Å². The fourth-order valence-corrected chi connectivity index (χ4v) is 2.65. The minimum Gasteiger partial charge on any atom is -0.468 e. The summed E-state index contributed by atoms with van der Waals surface area (Å²) in [6, 6.07) is 8.92. The summed E-state index contributed by atoms with van der Waals surface area (Å²) in [5, 5.41) is 3.34. The maximum Gasteiger partial charge on any atom is 0.261 e. The van der Waals surface area contributed by atoms with Crippen molar-refractivity contribution in [2.45, 2.75) is 6.04 Å². The third-order valence-electron chi connectivity index (χ3n) is 4.00. The lowest BCUT2D eigenvalue weighted by atomic mass is 10.1. The maximum atomic E-state index is 13.2. The number of carbonyl (C=O) groups is 1. The Kier molecular flexibility index (Phi) is 4.67. The number of furan rings is 1. The molecule has 0 saturated heterocycles. The van der Waals surface area contributed by atoms with Crippen LogP contribution in [0.25, 0.3) is 10.9 Å². The highest BCUT2D eigenvalue weighted by Gasteiger charge is 2.19. The number of fused-ring (bicyclic) bond motifs is 1. The molecule has 6 nitrogen and oxygen atoms in total. The Hall–Kier alpha value is -2.93. The van der Waals surface area contributed by atoms with Crippen molar-refractivity contribution in [1.29, 1.82) is 0 Å². The Morgan fingerprint density at radius 2 is 2.12 bits per heavy atom. The van der Waals surface area contributed by atoms with Crippen molar-refractivity contribution in [3.63, 3.8) is 0 Å². The number of nitrogens with one attached hydrogen (secondary N) is 2. The van der Waals surface area contributed by atoms with Gasteiger partial charge in [0.2, 0.25) is 0 Å². The first-order valence-corrected chi connectivity index (χ1v) is 7.76. The van der Waals surface area contributed by atoms with E-state index in [-0.39, 0.29) is 18.2 Å². The average molecular weight is 343 g/mol. The van der Waals surface area contributed by atoms with Crippen molar-refractivity contribution >= 4 is 16.8 Å². The second kappa shape index (κ2) is 6.90. The van der Waals surface area contributed by atoms with Crippen molar-refractivity contribution in [3.05, 3.63) is 70.2 Å². The molecule has 7 heteroatoms. The Balaban J connectivity index is 1.81. The molecule has 0 bridgehead atoms. The second-order valence-electron chi connectivity index (χ2n) is 5.95. The van der Waals surface area contributed by atoms with Gasteiger partial charge in [0.15, 0.2) is 0 Å². The number of aromatic amines is 1. The number of rotatable bonds is 5.